The van der Waals surface area contributed by atoms with Gasteiger partial charge >= 0.3 is 10.2 Å². The van der Waals surface area contributed by atoms with Crippen LogP contribution in [0, 0.1) is 16.7 Å². The molecule has 0 aliphatic carbocycles. The van der Waals surface area contributed by atoms with E-state index >= 15 is 0 Å². The van der Waals surface area contributed by atoms with Crippen molar-refractivity contribution in [2.45, 2.75) is 33.1 Å². The molecular formula is C19H21N3O4S. The normalized spacial score (nSPS) is 16.3. The lowest BCUT2D eigenvalue weighted by Gasteiger charge is -2.17. The van der Waals surface area contributed by atoms with E-state index in [1.807, 2.05) is 36.8 Å². The van der Waals surface area contributed by atoms with Crippen molar-refractivity contribution < 1.29 is 18.3 Å². The molecule has 7 nitrogen and oxygen atoms in total. The third-order valence-electron chi connectivity index (χ3n) is 4.66. The van der Waals surface area contributed by atoms with Gasteiger partial charge in [0.2, 0.25) is 0 Å². The van der Waals surface area contributed by atoms with Crippen LogP contribution >= 0.6 is 0 Å². The number of benzene rings is 2. The fraction of sp³-hybridized carbons (Fsp3) is 0.368. The smallest absolute Gasteiger partial charge is 0.326 e. The number of carbonyl (C=O) groups excluding carboxylic acids is 1. The predicted octanol–water partition coefficient (Wildman–Crippen LogP) is 2.60. The second-order valence-electron chi connectivity index (χ2n) is 7.41. The molecule has 2 aromatic rings. The minimum atomic E-state index is -3.98. The Hall–Kier alpha value is -2.79. The molecule has 1 saturated heterocycles. The van der Waals surface area contributed by atoms with Crippen LogP contribution < -0.4 is 9.03 Å². The van der Waals surface area contributed by atoms with Crippen LogP contribution in [0.3, 0.4) is 0 Å². The predicted molar refractivity (Wildman–Crippen MR) is 102 cm³/mol. The first-order chi connectivity index (χ1) is 12.6. The second-order valence-corrected chi connectivity index (χ2v) is 9.00. The molecule has 3 rings (SSSR count). The molecule has 0 atom stereocenters. The summed E-state index contributed by atoms with van der Waals surface area (Å²) in [6.45, 7) is 3.47. The van der Waals surface area contributed by atoms with Crippen molar-refractivity contribution in [1.82, 2.24) is 4.72 Å². The van der Waals surface area contributed by atoms with Crippen LogP contribution in [-0.4, -0.2) is 26.0 Å². The highest BCUT2D eigenvalue weighted by atomic mass is 32.2. The first-order valence-corrected chi connectivity index (χ1v) is 10.1. The minimum Gasteiger partial charge on any atom is -0.506 e. The lowest BCUT2D eigenvalue weighted by atomic mass is 9.88. The molecule has 0 saturated carbocycles. The number of aromatic hydroxyl groups is 1. The zero-order chi connectivity index (χ0) is 19.8. The number of amides is 1. The molecule has 1 aliphatic rings. The number of nitrogens with one attached hydrogen (secondary N) is 1. The molecule has 27 heavy (non-hydrogen) atoms. The summed E-state index contributed by atoms with van der Waals surface area (Å²) in [5.74, 6) is -0.838. The van der Waals surface area contributed by atoms with Crippen LogP contribution in [-0.2, 0) is 21.4 Å². The van der Waals surface area contributed by atoms with E-state index < -0.39 is 16.1 Å². The highest BCUT2D eigenvalue weighted by Gasteiger charge is 2.35. The number of fused-ring (bicyclic) bond motifs is 1. The standard InChI is InChI=1S/C19H21N3O4S/c1-19(2,12-20)7-3-4-13-5-6-14-10-17(23)16(9-15(14)8-13)22-11-18(24)21-27(22,25)26/h5-6,8-10,23H,3-4,7,11H2,1-2H3,(H,21,24). The van der Waals surface area contributed by atoms with Crippen LogP contribution in [0.15, 0.2) is 30.3 Å². The Balaban J connectivity index is 1.89. The minimum absolute atomic E-state index is 0.0728. The number of carbonyl (C=O) groups is 1. The van der Waals surface area contributed by atoms with Gasteiger partial charge in [0.1, 0.15) is 12.3 Å². The van der Waals surface area contributed by atoms with E-state index in [9.17, 15) is 18.3 Å². The average Bonchev–Trinajstić information content (AvgIpc) is 2.86. The Morgan fingerprint density at radius 2 is 2.00 bits per heavy atom. The number of hydrogen-bond donors (Lipinski definition) is 2. The van der Waals surface area contributed by atoms with Gasteiger partial charge in [-0.25, -0.2) is 9.03 Å². The summed E-state index contributed by atoms with van der Waals surface area (Å²) in [6.07, 6.45) is 2.43. The molecule has 1 aliphatic heterocycles. The van der Waals surface area contributed by atoms with Gasteiger partial charge in [-0.05, 0) is 61.6 Å². The topological polar surface area (TPSA) is 110 Å². The van der Waals surface area contributed by atoms with E-state index in [4.69, 9.17) is 5.26 Å². The summed E-state index contributed by atoms with van der Waals surface area (Å²) in [5, 5.41) is 20.9. The molecule has 0 unspecified atom stereocenters. The van der Waals surface area contributed by atoms with E-state index in [1.54, 1.807) is 6.07 Å². The molecular weight excluding hydrogens is 366 g/mol. The maximum absolute atomic E-state index is 12.0. The van der Waals surface area contributed by atoms with Crippen molar-refractivity contribution in [2.75, 3.05) is 10.8 Å². The number of rotatable bonds is 5. The molecule has 0 aromatic heterocycles. The SMILES string of the molecule is CC(C)(C#N)CCCc1ccc2cc(O)c(N3CC(=O)NS3(=O)=O)cc2c1. The van der Waals surface area contributed by atoms with E-state index in [0.29, 0.717) is 0 Å². The highest BCUT2D eigenvalue weighted by Crippen LogP contribution is 2.35. The Morgan fingerprint density at radius 3 is 2.63 bits per heavy atom. The molecule has 1 fully saturated rings. The van der Waals surface area contributed by atoms with Gasteiger partial charge in [0.05, 0.1) is 17.2 Å². The molecule has 8 heteroatoms. The fourth-order valence-corrected chi connectivity index (χ4v) is 4.28. The van der Waals surface area contributed by atoms with Crippen molar-refractivity contribution >= 4 is 32.6 Å². The fourth-order valence-electron chi connectivity index (χ4n) is 3.13. The van der Waals surface area contributed by atoms with Crippen LogP contribution in [0.4, 0.5) is 5.69 Å². The Morgan fingerprint density at radius 1 is 1.26 bits per heavy atom. The number of anilines is 1. The molecule has 2 N–H and O–H groups in total. The van der Waals surface area contributed by atoms with Gasteiger partial charge in [-0.3, -0.25) is 4.79 Å². The number of nitrogens with zero attached hydrogens (tertiary/aromatic N) is 2. The van der Waals surface area contributed by atoms with Gasteiger partial charge in [-0.1, -0.05) is 18.2 Å². The Labute approximate surface area is 158 Å². The van der Waals surface area contributed by atoms with Gasteiger partial charge in [0.15, 0.2) is 0 Å². The van der Waals surface area contributed by atoms with Crippen LogP contribution in [0.5, 0.6) is 5.75 Å². The third kappa shape index (κ3) is 3.98. The maximum atomic E-state index is 12.0. The second kappa shape index (κ2) is 6.74. The third-order valence-corrected chi connectivity index (χ3v) is 6.05. The summed E-state index contributed by atoms with van der Waals surface area (Å²) < 4.78 is 26.9. The zero-order valence-electron chi connectivity index (χ0n) is 15.2. The summed E-state index contributed by atoms with van der Waals surface area (Å²) in [7, 11) is -3.98. The number of hydrogen-bond acceptors (Lipinski definition) is 5. The lowest BCUT2D eigenvalue weighted by Crippen LogP contribution is -2.29. The van der Waals surface area contributed by atoms with Gasteiger partial charge in [0, 0.05) is 0 Å². The molecule has 0 bridgehead atoms. The van der Waals surface area contributed by atoms with Gasteiger partial charge in [-0.2, -0.15) is 13.7 Å². The van der Waals surface area contributed by atoms with E-state index in [0.717, 1.165) is 39.9 Å². The summed E-state index contributed by atoms with van der Waals surface area (Å²) in [6, 6.07) is 11.1. The summed E-state index contributed by atoms with van der Waals surface area (Å²) in [4.78, 5) is 11.5. The van der Waals surface area contributed by atoms with Crippen molar-refractivity contribution in [1.29, 1.82) is 5.26 Å². The van der Waals surface area contributed by atoms with Gasteiger partial charge in [0.25, 0.3) is 5.91 Å². The molecule has 142 valence electrons. The van der Waals surface area contributed by atoms with E-state index in [2.05, 4.69) is 6.07 Å². The Kier molecular flexibility index (Phi) is 4.74. The van der Waals surface area contributed by atoms with E-state index in [1.165, 1.54) is 6.07 Å². The van der Waals surface area contributed by atoms with Crippen molar-refractivity contribution in [3.05, 3.63) is 35.9 Å². The number of phenolic OH excluding ortho intramolecular Hbond substituents is 1. The van der Waals surface area contributed by atoms with Crippen molar-refractivity contribution in [2.24, 2.45) is 5.41 Å². The first kappa shape index (κ1) is 19.0. The van der Waals surface area contributed by atoms with E-state index in [-0.39, 0.29) is 23.4 Å². The largest absolute Gasteiger partial charge is 0.506 e. The summed E-state index contributed by atoms with van der Waals surface area (Å²) in [5.41, 5.74) is 0.773. The first-order valence-electron chi connectivity index (χ1n) is 8.61. The molecule has 0 spiro atoms. The van der Waals surface area contributed by atoms with Gasteiger partial charge < -0.3 is 5.11 Å². The average molecular weight is 387 g/mol. The zero-order valence-corrected chi connectivity index (χ0v) is 16.0. The van der Waals surface area contributed by atoms with Crippen molar-refractivity contribution in [3.63, 3.8) is 0 Å². The van der Waals surface area contributed by atoms with Crippen molar-refractivity contribution in [3.8, 4) is 11.8 Å². The molecule has 1 heterocycles. The summed E-state index contributed by atoms with van der Waals surface area (Å²) >= 11 is 0. The number of aryl methyl sites for hydroxylation is 1. The highest BCUT2D eigenvalue weighted by molar-refractivity contribution is 7.92. The van der Waals surface area contributed by atoms with Crippen LogP contribution in [0.25, 0.3) is 10.8 Å². The van der Waals surface area contributed by atoms with Gasteiger partial charge in [-0.15, -0.1) is 0 Å². The molecule has 2 aromatic carbocycles. The monoisotopic (exact) mass is 387 g/mol. The molecule has 1 amide bonds. The van der Waals surface area contributed by atoms with Crippen LogP contribution in [0.2, 0.25) is 0 Å². The lowest BCUT2D eigenvalue weighted by molar-refractivity contribution is -0.117. The quantitative estimate of drug-likeness (QED) is 0.819. The number of phenols is 1. The Bertz CT molecular complexity index is 1050. The molecule has 0 radical (unpaired) electrons. The number of nitriles is 1. The van der Waals surface area contributed by atoms with Crippen LogP contribution in [0.1, 0.15) is 32.3 Å². The maximum Gasteiger partial charge on any atom is 0.326 e.